The first-order chi connectivity index (χ1) is 7.62. The molecule has 16 heavy (non-hydrogen) atoms. The van der Waals surface area contributed by atoms with Crippen LogP contribution in [0.2, 0.25) is 5.02 Å². The lowest BCUT2D eigenvalue weighted by molar-refractivity contribution is -0.139. The summed E-state index contributed by atoms with van der Waals surface area (Å²) >= 11 is 6.04. The van der Waals surface area contributed by atoms with Crippen LogP contribution in [0.5, 0.6) is 0 Å². The standard InChI is InChI=1S/C11H11ClN2O2/c1-16-10(15)4-8-2-7(5-13)3-9(6-14)11(8)12/h2-3H,4,6,14H2,1H3. The van der Waals surface area contributed by atoms with E-state index in [0.29, 0.717) is 21.7 Å². The lowest BCUT2D eigenvalue weighted by Crippen LogP contribution is -2.07. The number of nitrogens with zero attached hydrogens (tertiary/aromatic N) is 1. The van der Waals surface area contributed by atoms with Crippen LogP contribution < -0.4 is 5.73 Å². The van der Waals surface area contributed by atoms with Gasteiger partial charge in [0.1, 0.15) is 0 Å². The zero-order chi connectivity index (χ0) is 12.1. The predicted octanol–water partition coefficient (Wildman–Crippen LogP) is 1.39. The molecule has 0 radical (unpaired) electrons. The van der Waals surface area contributed by atoms with E-state index in [2.05, 4.69) is 4.74 Å². The maximum atomic E-state index is 11.1. The zero-order valence-electron chi connectivity index (χ0n) is 8.79. The van der Waals surface area contributed by atoms with Crippen LogP contribution in [0.25, 0.3) is 0 Å². The van der Waals surface area contributed by atoms with Gasteiger partial charge in [-0.25, -0.2) is 0 Å². The summed E-state index contributed by atoms with van der Waals surface area (Å²) in [6.45, 7) is 0.225. The largest absolute Gasteiger partial charge is 0.469 e. The summed E-state index contributed by atoms with van der Waals surface area (Å²) < 4.78 is 4.54. The molecular weight excluding hydrogens is 228 g/mol. The number of carbonyl (C=O) groups is 1. The highest BCUT2D eigenvalue weighted by atomic mass is 35.5. The van der Waals surface area contributed by atoms with Gasteiger partial charge in [0.15, 0.2) is 0 Å². The first-order valence-electron chi connectivity index (χ1n) is 4.60. The van der Waals surface area contributed by atoms with Crippen molar-refractivity contribution >= 4 is 17.6 Å². The molecule has 0 bridgehead atoms. The molecule has 1 rings (SSSR count). The van der Waals surface area contributed by atoms with Gasteiger partial charge in [-0.05, 0) is 23.3 Å². The van der Waals surface area contributed by atoms with Crippen molar-refractivity contribution in [2.45, 2.75) is 13.0 Å². The van der Waals surface area contributed by atoms with Crippen LogP contribution in [0.4, 0.5) is 0 Å². The van der Waals surface area contributed by atoms with Crippen molar-refractivity contribution in [3.05, 3.63) is 33.8 Å². The average molecular weight is 239 g/mol. The molecule has 2 N–H and O–H groups in total. The number of hydrogen-bond donors (Lipinski definition) is 1. The topological polar surface area (TPSA) is 76.1 Å². The molecule has 5 heteroatoms. The van der Waals surface area contributed by atoms with Crippen molar-refractivity contribution in [1.82, 2.24) is 0 Å². The van der Waals surface area contributed by atoms with Crippen molar-refractivity contribution in [2.75, 3.05) is 7.11 Å². The molecule has 0 aliphatic carbocycles. The van der Waals surface area contributed by atoms with E-state index in [-0.39, 0.29) is 13.0 Å². The predicted molar refractivity (Wildman–Crippen MR) is 59.8 cm³/mol. The first kappa shape index (κ1) is 12.5. The lowest BCUT2D eigenvalue weighted by atomic mass is 10.0. The fraction of sp³-hybridized carbons (Fsp3) is 0.273. The quantitative estimate of drug-likeness (QED) is 0.808. The number of hydrogen-bond acceptors (Lipinski definition) is 4. The Morgan fingerprint density at radius 1 is 1.56 bits per heavy atom. The van der Waals surface area contributed by atoms with Crippen LogP contribution in [0, 0.1) is 11.3 Å². The molecule has 0 aromatic heterocycles. The van der Waals surface area contributed by atoms with Gasteiger partial charge < -0.3 is 10.5 Å². The highest BCUT2D eigenvalue weighted by molar-refractivity contribution is 6.32. The molecule has 4 nitrogen and oxygen atoms in total. The molecule has 0 amide bonds. The fourth-order valence-corrected chi connectivity index (χ4v) is 1.57. The minimum absolute atomic E-state index is 0.0395. The first-order valence-corrected chi connectivity index (χ1v) is 4.98. The van der Waals surface area contributed by atoms with Crippen LogP contribution >= 0.6 is 11.6 Å². The van der Waals surface area contributed by atoms with Gasteiger partial charge in [0.05, 0.1) is 25.2 Å². The van der Waals surface area contributed by atoms with Gasteiger partial charge in [-0.1, -0.05) is 11.6 Å². The Labute approximate surface area is 98.6 Å². The number of benzene rings is 1. The molecule has 0 atom stereocenters. The molecule has 0 aliphatic heterocycles. The number of carbonyl (C=O) groups excluding carboxylic acids is 1. The van der Waals surface area contributed by atoms with Gasteiger partial charge in [0.25, 0.3) is 0 Å². The van der Waals surface area contributed by atoms with E-state index in [4.69, 9.17) is 22.6 Å². The zero-order valence-corrected chi connectivity index (χ0v) is 9.54. The summed E-state index contributed by atoms with van der Waals surface area (Å²) in [5, 5.41) is 9.24. The molecule has 0 spiro atoms. The molecule has 0 fully saturated rings. The number of esters is 1. The Bertz CT molecular complexity index is 452. The molecule has 0 unspecified atom stereocenters. The smallest absolute Gasteiger partial charge is 0.310 e. The highest BCUT2D eigenvalue weighted by Gasteiger charge is 2.12. The number of halogens is 1. The number of methoxy groups -OCH3 is 1. The molecule has 1 aromatic rings. The molecule has 0 saturated carbocycles. The summed E-state index contributed by atoms with van der Waals surface area (Å²) in [7, 11) is 1.30. The Hall–Kier alpha value is -1.57. The van der Waals surface area contributed by atoms with Gasteiger partial charge in [-0.3, -0.25) is 4.79 Å². The summed E-state index contributed by atoms with van der Waals surface area (Å²) in [6.07, 6.45) is 0.0395. The second-order valence-corrected chi connectivity index (χ2v) is 3.56. The average Bonchev–Trinajstić information content (AvgIpc) is 2.31. The van der Waals surface area contributed by atoms with E-state index in [0.717, 1.165) is 0 Å². The molecule has 1 aromatic carbocycles. The third-order valence-corrected chi connectivity index (χ3v) is 2.62. The summed E-state index contributed by atoms with van der Waals surface area (Å²) in [6, 6.07) is 5.18. The second-order valence-electron chi connectivity index (χ2n) is 3.18. The molecule has 84 valence electrons. The van der Waals surface area contributed by atoms with E-state index in [9.17, 15) is 4.79 Å². The van der Waals surface area contributed by atoms with E-state index >= 15 is 0 Å². The Balaban J connectivity index is 3.17. The number of ether oxygens (including phenoxy) is 1. The van der Waals surface area contributed by atoms with Crippen molar-refractivity contribution in [2.24, 2.45) is 5.73 Å². The third kappa shape index (κ3) is 2.72. The van der Waals surface area contributed by atoms with Gasteiger partial charge in [-0.2, -0.15) is 5.26 Å². The van der Waals surface area contributed by atoms with Gasteiger partial charge in [0.2, 0.25) is 0 Å². The highest BCUT2D eigenvalue weighted by Crippen LogP contribution is 2.23. The van der Waals surface area contributed by atoms with Crippen LogP contribution in [0.3, 0.4) is 0 Å². The lowest BCUT2D eigenvalue weighted by Gasteiger charge is -2.08. The van der Waals surface area contributed by atoms with E-state index in [1.54, 1.807) is 12.1 Å². The maximum Gasteiger partial charge on any atom is 0.310 e. The van der Waals surface area contributed by atoms with E-state index in [1.165, 1.54) is 7.11 Å². The monoisotopic (exact) mass is 238 g/mol. The molecular formula is C11H11ClN2O2. The Morgan fingerprint density at radius 2 is 2.19 bits per heavy atom. The van der Waals surface area contributed by atoms with Crippen LogP contribution in [0.15, 0.2) is 12.1 Å². The maximum absolute atomic E-state index is 11.1. The normalized spacial score (nSPS) is 9.62. The summed E-state index contributed by atoms with van der Waals surface area (Å²) in [5.74, 6) is -0.403. The Morgan fingerprint density at radius 3 is 2.69 bits per heavy atom. The summed E-state index contributed by atoms with van der Waals surface area (Å²) in [5.41, 5.74) is 7.15. The van der Waals surface area contributed by atoms with Gasteiger partial charge >= 0.3 is 5.97 Å². The summed E-state index contributed by atoms with van der Waals surface area (Å²) in [4.78, 5) is 11.1. The number of rotatable bonds is 3. The van der Waals surface area contributed by atoms with Crippen LogP contribution in [-0.2, 0) is 22.5 Å². The van der Waals surface area contributed by atoms with Crippen molar-refractivity contribution in [3.63, 3.8) is 0 Å². The van der Waals surface area contributed by atoms with Crippen LogP contribution in [0.1, 0.15) is 16.7 Å². The number of nitrogens with two attached hydrogens (primary N) is 1. The minimum Gasteiger partial charge on any atom is -0.469 e. The van der Waals surface area contributed by atoms with Gasteiger partial charge in [-0.15, -0.1) is 0 Å². The Kier molecular flexibility index (Phi) is 4.29. The van der Waals surface area contributed by atoms with Crippen molar-refractivity contribution in [1.29, 1.82) is 5.26 Å². The molecule has 0 aliphatic rings. The van der Waals surface area contributed by atoms with E-state index < -0.39 is 5.97 Å². The third-order valence-electron chi connectivity index (χ3n) is 2.13. The van der Waals surface area contributed by atoms with E-state index in [1.807, 2.05) is 6.07 Å². The second kappa shape index (κ2) is 5.50. The van der Waals surface area contributed by atoms with Crippen molar-refractivity contribution < 1.29 is 9.53 Å². The van der Waals surface area contributed by atoms with Crippen molar-refractivity contribution in [3.8, 4) is 6.07 Å². The number of nitriles is 1. The van der Waals surface area contributed by atoms with Gasteiger partial charge in [0, 0.05) is 11.6 Å². The van der Waals surface area contributed by atoms with Crippen LogP contribution in [-0.4, -0.2) is 13.1 Å². The molecule has 0 saturated heterocycles. The SMILES string of the molecule is COC(=O)Cc1cc(C#N)cc(CN)c1Cl. The minimum atomic E-state index is -0.403. The fourth-order valence-electron chi connectivity index (χ4n) is 1.32. The molecule has 0 heterocycles.